The highest BCUT2D eigenvalue weighted by molar-refractivity contribution is 5.73. The molecule has 0 bridgehead atoms. The molecule has 1 aromatic rings. The van der Waals surface area contributed by atoms with E-state index in [1.165, 1.54) is 4.68 Å². The molecule has 1 heterocycles. The number of hydrogen-bond donors (Lipinski definition) is 1. The molecule has 1 rings (SSSR count). The van der Waals surface area contributed by atoms with Crippen molar-refractivity contribution in [3.63, 3.8) is 0 Å². The van der Waals surface area contributed by atoms with E-state index in [0.717, 1.165) is 6.21 Å². The van der Waals surface area contributed by atoms with E-state index in [1.54, 1.807) is 7.05 Å². The second-order valence-electron chi connectivity index (χ2n) is 1.41. The number of oxime groups is 1. The lowest BCUT2D eigenvalue weighted by molar-refractivity contribution is 0.321. The van der Waals surface area contributed by atoms with Crippen molar-refractivity contribution in [3.8, 4) is 0 Å². The van der Waals surface area contributed by atoms with Crippen molar-refractivity contribution in [2.45, 2.75) is 0 Å². The van der Waals surface area contributed by atoms with Crippen LogP contribution in [0.25, 0.3) is 0 Å². The summed E-state index contributed by atoms with van der Waals surface area (Å²) in [5.74, 6) is 0.414. The van der Waals surface area contributed by atoms with Gasteiger partial charge in [-0.2, -0.15) is 0 Å². The third-order valence-electron chi connectivity index (χ3n) is 0.826. The van der Waals surface area contributed by atoms with Gasteiger partial charge in [0, 0.05) is 7.05 Å². The highest BCUT2D eigenvalue weighted by Gasteiger charge is 1.94. The first-order valence-corrected chi connectivity index (χ1v) is 2.24. The summed E-state index contributed by atoms with van der Waals surface area (Å²) >= 11 is 0. The van der Waals surface area contributed by atoms with Crippen LogP contribution in [0.3, 0.4) is 0 Å². The highest BCUT2D eigenvalue weighted by Crippen LogP contribution is 1.79. The Balaban J connectivity index is 2.94. The van der Waals surface area contributed by atoms with Crippen molar-refractivity contribution in [3.05, 3.63) is 5.82 Å². The molecule has 48 valence electrons. The first-order valence-electron chi connectivity index (χ1n) is 2.24. The first-order chi connectivity index (χ1) is 4.34. The van der Waals surface area contributed by atoms with E-state index >= 15 is 0 Å². The molecule has 9 heavy (non-hydrogen) atoms. The molecule has 0 fully saturated rings. The Kier molecular flexibility index (Phi) is 1.39. The topological polar surface area (TPSA) is 76.2 Å². The van der Waals surface area contributed by atoms with Gasteiger partial charge in [0.05, 0.1) is 0 Å². The van der Waals surface area contributed by atoms with Crippen LogP contribution >= 0.6 is 0 Å². The van der Waals surface area contributed by atoms with Crippen molar-refractivity contribution in [1.82, 2.24) is 20.2 Å². The van der Waals surface area contributed by atoms with E-state index in [2.05, 4.69) is 20.7 Å². The lowest BCUT2D eigenvalue weighted by Gasteiger charge is -1.83. The van der Waals surface area contributed by atoms with Crippen molar-refractivity contribution >= 4 is 6.21 Å². The van der Waals surface area contributed by atoms with Crippen molar-refractivity contribution < 1.29 is 5.21 Å². The average Bonchev–Trinajstić information content (AvgIpc) is 2.18. The summed E-state index contributed by atoms with van der Waals surface area (Å²) in [7, 11) is 1.65. The largest absolute Gasteiger partial charge is 0.411 e. The molecule has 0 saturated heterocycles. The Morgan fingerprint density at radius 3 is 3.00 bits per heavy atom. The Hall–Kier alpha value is -1.46. The van der Waals surface area contributed by atoms with Crippen molar-refractivity contribution in [2.75, 3.05) is 0 Å². The number of hydrogen-bond acceptors (Lipinski definition) is 5. The minimum absolute atomic E-state index is 0.414. The van der Waals surface area contributed by atoms with E-state index in [-0.39, 0.29) is 0 Å². The van der Waals surface area contributed by atoms with E-state index in [0.29, 0.717) is 5.82 Å². The molecule has 0 saturated carbocycles. The Bertz CT molecular complexity index is 216. The third kappa shape index (κ3) is 1.01. The quantitative estimate of drug-likeness (QED) is 0.299. The van der Waals surface area contributed by atoms with Crippen LogP contribution < -0.4 is 0 Å². The molecule has 0 aliphatic carbocycles. The molecular formula is C3H5N5O. The lowest BCUT2D eigenvalue weighted by Crippen LogP contribution is -1.97. The number of rotatable bonds is 1. The van der Waals surface area contributed by atoms with Crippen molar-refractivity contribution in [1.29, 1.82) is 0 Å². The second-order valence-corrected chi connectivity index (χ2v) is 1.41. The van der Waals surface area contributed by atoms with E-state index in [1.807, 2.05) is 0 Å². The molecule has 0 aliphatic rings. The fourth-order valence-corrected chi connectivity index (χ4v) is 0.397. The minimum Gasteiger partial charge on any atom is -0.411 e. The predicted octanol–water partition coefficient (Wildman–Crippen LogP) is -0.982. The van der Waals surface area contributed by atoms with Gasteiger partial charge in [-0.25, -0.2) is 4.68 Å². The van der Waals surface area contributed by atoms with Crippen LogP contribution in [0, 0.1) is 0 Å². The monoisotopic (exact) mass is 127 g/mol. The summed E-state index contributed by atoms with van der Waals surface area (Å²) in [6.07, 6.45) is 1.15. The fourth-order valence-electron chi connectivity index (χ4n) is 0.397. The molecule has 1 N–H and O–H groups in total. The zero-order chi connectivity index (χ0) is 6.69. The maximum Gasteiger partial charge on any atom is 0.196 e. The number of aryl methyl sites for hydroxylation is 1. The van der Waals surface area contributed by atoms with Gasteiger partial charge in [-0.05, 0) is 10.4 Å². The summed E-state index contributed by atoms with van der Waals surface area (Å²) in [6, 6.07) is 0. The maximum atomic E-state index is 8.02. The molecule has 1 aromatic heterocycles. The standard InChI is InChI=1S/C3H5N5O/c1-8-3(2-4-9)5-6-7-8/h2,9H,1H3. The van der Waals surface area contributed by atoms with Gasteiger partial charge >= 0.3 is 0 Å². The van der Waals surface area contributed by atoms with Gasteiger partial charge in [-0.1, -0.05) is 5.16 Å². The smallest absolute Gasteiger partial charge is 0.196 e. The van der Waals surface area contributed by atoms with Crippen LogP contribution in [0.2, 0.25) is 0 Å². The van der Waals surface area contributed by atoms with Gasteiger partial charge in [0.1, 0.15) is 6.21 Å². The zero-order valence-corrected chi connectivity index (χ0v) is 4.76. The van der Waals surface area contributed by atoms with Gasteiger partial charge in [0.15, 0.2) is 5.82 Å². The highest BCUT2D eigenvalue weighted by atomic mass is 16.4. The molecule has 6 nitrogen and oxygen atoms in total. The molecule has 0 aliphatic heterocycles. The maximum absolute atomic E-state index is 8.02. The molecule has 0 radical (unpaired) electrons. The number of tetrazole rings is 1. The van der Waals surface area contributed by atoms with Gasteiger partial charge in [0.25, 0.3) is 0 Å². The first kappa shape index (κ1) is 5.67. The van der Waals surface area contributed by atoms with Crippen LogP contribution in [-0.4, -0.2) is 31.6 Å². The average molecular weight is 127 g/mol. The minimum atomic E-state index is 0.414. The predicted molar refractivity (Wildman–Crippen MR) is 28.2 cm³/mol. The summed E-state index contributed by atoms with van der Waals surface area (Å²) in [4.78, 5) is 0. The van der Waals surface area contributed by atoms with Gasteiger partial charge in [-0.15, -0.1) is 5.10 Å². The zero-order valence-electron chi connectivity index (χ0n) is 4.76. The third-order valence-corrected chi connectivity index (χ3v) is 0.826. The molecule has 0 unspecified atom stereocenters. The van der Waals surface area contributed by atoms with Crippen LogP contribution in [-0.2, 0) is 7.05 Å². The fraction of sp³-hybridized carbons (Fsp3) is 0.333. The lowest BCUT2D eigenvalue weighted by atomic mass is 10.7. The van der Waals surface area contributed by atoms with Crippen LogP contribution in [0.15, 0.2) is 5.16 Å². The molecule has 0 amide bonds. The van der Waals surface area contributed by atoms with Crippen LogP contribution in [0.5, 0.6) is 0 Å². The van der Waals surface area contributed by atoms with E-state index in [9.17, 15) is 0 Å². The van der Waals surface area contributed by atoms with Crippen molar-refractivity contribution in [2.24, 2.45) is 12.2 Å². The Morgan fingerprint density at radius 1 is 1.78 bits per heavy atom. The normalized spacial score (nSPS) is 10.8. The molecule has 6 heteroatoms. The molecule has 0 aromatic carbocycles. The summed E-state index contributed by atoms with van der Waals surface area (Å²) in [5.41, 5.74) is 0. The van der Waals surface area contributed by atoms with Crippen LogP contribution in [0.4, 0.5) is 0 Å². The molecule has 0 spiro atoms. The second kappa shape index (κ2) is 2.21. The summed E-state index contributed by atoms with van der Waals surface area (Å²) < 4.78 is 1.39. The Morgan fingerprint density at radius 2 is 2.56 bits per heavy atom. The van der Waals surface area contributed by atoms with Crippen LogP contribution in [0.1, 0.15) is 5.82 Å². The van der Waals surface area contributed by atoms with Gasteiger partial charge in [-0.3, -0.25) is 0 Å². The number of aromatic nitrogens is 4. The van der Waals surface area contributed by atoms with E-state index < -0.39 is 0 Å². The summed E-state index contributed by atoms with van der Waals surface area (Å²) in [5, 5.41) is 21.1. The van der Waals surface area contributed by atoms with Gasteiger partial charge < -0.3 is 5.21 Å². The molecule has 0 atom stereocenters. The summed E-state index contributed by atoms with van der Waals surface area (Å²) in [6.45, 7) is 0. The Labute approximate surface area is 50.8 Å². The molecular weight excluding hydrogens is 122 g/mol. The van der Waals surface area contributed by atoms with E-state index in [4.69, 9.17) is 5.21 Å². The van der Waals surface area contributed by atoms with Gasteiger partial charge in [0.2, 0.25) is 0 Å². The number of nitrogens with zero attached hydrogens (tertiary/aromatic N) is 5. The SMILES string of the molecule is Cn1nnnc1C=NO.